The molecule has 6 nitrogen and oxygen atoms in total. The third-order valence-corrected chi connectivity index (χ3v) is 5.00. The number of aryl methyl sites for hydroxylation is 2. The fourth-order valence-electron chi connectivity index (χ4n) is 3.26. The highest BCUT2D eigenvalue weighted by Gasteiger charge is 2.23. The number of H-pyrrole nitrogens is 1. The zero-order valence-corrected chi connectivity index (χ0v) is 15.3. The minimum atomic E-state index is 0.167. The van der Waals surface area contributed by atoms with E-state index in [0.717, 1.165) is 41.2 Å². The summed E-state index contributed by atoms with van der Waals surface area (Å²) in [5.41, 5.74) is 5.54. The molecule has 0 spiro atoms. The number of nitrogens with one attached hydrogen (secondary N) is 1. The van der Waals surface area contributed by atoms with Crippen molar-refractivity contribution in [2.75, 3.05) is 20.8 Å². The number of hydrogen-bond acceptors (Lipinski definition) is 4. The van der Waals surface area contributed by atoms with E-state index < -0.39 is 0 Å². The Balaban J connectivity index is 1.67. The van der Waals surface area contributed by atoms with Gasteiger partial charge in [-0.1, -0.05) is 0 Å². The Morgan fingerprint density at radius 2 is 1.88 bits per heavy atom. The lowest BCUT2D eigenvalue weighted by Gasteiger charge is -2.29. The number of carbonyl (C=O) groups excluding carboxylic acids is 1. The predicted octanol–water partition coefficient (Wildman–Crippen LogP) is 2.56. The maximum atomic E-state index is 12.6. The Kier molecular flexibility index (Phi) is 4.97. The van der Waals surface area contributed by atoms with E-state index in [9.17, 15) is 4.79 Å². The summed E-state index contributed by atoms with van der Waals surface area (Å²) in [5.74, 6) is 1.61. The van der Waals surface area contributed by atoms with Gasteiger partial charge in [0.2, 0.25) is 5.91 Å². The standard InChI is InChI=1S/C19H25N3O3/c1-12-13(2)20-21-16(12)5-6-19(23)22-8-7-14-9-17(24-3)18(25-4)10-15(14)11-22/h9-10H,5-8,11H2,1-4H3,(H,20,21). The van der Waals surface area contributed by atoms with Gasteiger partial charge in [-0.05, 0) is 49.1 Å². The third kappa shape index (κ3) is 3.48. The van der Waals surface area contributed by atoms with Gasteiger partial charge >= 0.3 is 0 Å². The molecule has 3 rings (SSSR count). The highest BCUT2D eigenvalue weighted by atomic mass is 16.5. The van der Waals surface area contributed by atoms with Crippen molar-refractivity contribution in [1.29, 1.82) is 0 Å². The van der Waals surface area contributed by atoms with Crippen molar-refractivity contribution in [1.82, 2.24) is 15.1 Å². The van der Waals surface area contributed by atoms with Gasteiger partial charge in [-0.25, -0.2) is 0 Å². The lowest BCUT2D eigenvalue weighted by molar-refractivity contribution is -0.132. The van der Waals surface area contributed by atoms with Crippen molar-refractivity contribution in [3.05, 3.63) is 40.2 Å². The fourth-order valence-corrected chi connectivity index (χ4v) is 3.26. The average molecular weight is 343 g/mol. The number of amides is 1. The average Bonchev–Trinajstić information content (AvgIpc) is 2.96. The van der Waals surface area contributed by atoms with Crippen LogP contribution in [0, 0.1) is 13.8 Å². The lowest BCUT2D eigenvalue weighted by Crippen LogP contribution is -2.36. The number of benzene rings is 1. The van der Waals surface area contributed by atoms with Crippen molar-refractivity contribution in [3.8, 4) is 11.5 Å². The van der Waals surface area contributed by atoms with Crippen LogP contribution in [0.2, 0.25) is 0 Å². The number of rotatable bonds is 5. The summed E-state index contributed by atoms with van der Waals surface area (Å²) in [6, 6.07) is 4.00. The Hall–Kier alpha value is -2.50. The SMILES string of the molecule is COc1cc2c(cc1OC)CN(C(=O)CCc1n[nH]c(C)c1C)CC2. The molecule has 1 aliphatic heterocycles. The normalized spacial score (nSPS) is 13.5. The van der Waals surface area contributed by atoms with E-state index in [2.05, 4.69) is 10.2 Å². The van der Waals surface area contributed by atoms with E-state index in [1.807, 2.05) is 30.9 Å². The number of fused-ring (bicyclic) bond motifs is 1. The van der Waals surface area contributed by atoms with Crippen molar-refractivity contribution in [2.24, 2.45) is 0 Å². The highest BCUT2D eigenvalue weighted by Crippen LogP contribution is 2.33. The third-order valence-electron chi connectivity index (χ3n) is 5.00. The van der Waals surface area contributed by atoms with Gasteiger partial charge in [0.05, 0.1) is 19.9 Å². The van der Waals surface area contributed by atoms with Crippen molar-refractivity contribution in [3.63, 3.8) is 0 Å². The van der Waals surface area contributed by atoms with E-state index >= 15 is 0 Å². The quantitative estimate of drug-likeness (QED) is 0.906. The van der Waals surface area contributed by atoms with Crippen LogP contribution < -0.4 is 9.47 Å². The summed E-state index contributed by atoms with van der Waals surface area (Å²) in [7, 11) is 3.27. The molecule has 0 radical (unpaired) electrons. The Labute approximate surface area is 148 Å². The second-order valence-electron chi connectivity index (χ2n) is 6.46. The molecule has 25 heavy (non-hydrogen) atoms. The lowest BCUT2D eigenvalue weighted by atomic mass is 9.98. The summed E-state index contributed by atoms with van der Waals surface area (Å²) in [6.45, 7) is 5.39. The summed E-state index contributed by atoms with van der Waals surface area (Å²) < 4.78 is 10.7. The van der Waals surface area contributed by atoms with Crippen molar-refractivity contribution in [2.45, 2.75) is 39.7 Å². The first-order chi connectivity index (χ1) is 12.0. The molecule has 6 heteroatoms. The largest absolute Gasteiger partial charge is 0.493 e. The predicted molar refractivity (Wildman–Crippen MR) is 95.0 cm³/mol. The van der Waals surface area contributed by atoms with Crippen LogP contribution in [0.4, 0.5) is 0 Å². The van der Waals surface area contributed by atoms with Gasteiger partial charge in [-0.15, -0.1) is 0 Å². The first-order valence-corrected chi connectivity index (χ1v) is 8.55. The molecule has 0 unspecified atom stereocenters. The Bertz CT molecular complexity index is 782. The summed E-state index contributed by atoms with van der Waals surface area (Å²) >= 11 is 0. The molecule has 2 heterocycles. The highest BCUT2D eigenvalue weighted by molar-refractivity contribution is 5.77. The van der Waals surface area contributed by atoms with Crippen LogP contribution in [0.1, 0.15) is 34.5 Å². The first kappa shape index (κ1) is 17.3. The monoisotopic (exact) mass is 343 g/mol. The number of aromatic amines is 1. The summed E-state index contributed by atoms with van der Waals surface area (Å²) in [6.07, 6.45) is 1.99. The Morgan fingerprint density at radius 1 is 1.20 bits per heavy atom. The van der Waals surface area contributed by atoms with Crippen LogP contribution in [0.15, 0.2) is 12.1 Å². The van der Waals surface area contributed by atoms with Crippen molar-refractivity contribution < 1.29 is 14.3 Å². The molecular formula is C19H25N3O3. The van der Waals surface area contributed by atoms with Gasteiger partial charge in [-0.2, -0.15) is 5.10 Å². The van der Waals surface area contributed by atoms with Crippen LogP contribution in [-0.2, 0) is 24.2 Å². The molecule has 0 atom stereocenters. The van der Waals surface area contributed by atoms with E-state index in [-0.39, 0.29) is 5.91 Å². The number of methoxy groups -OCH3 is 2. The molecule has 0 saturated carbocycles. The maximum Gasteiger partial charge on any atom is 0.223 e. The van der Waals surface area contributed by atoms with Gasteiger partial charge in [0.15, 0.2) is 11.5 Å². The summed E-state index contributed by atoms with van der Waals surface area (Å²) in [5, 5.41) is 7.26. The molecule has 0 bridgehead atoms. The van der Waals surface area contributed by atoms with Gasteiger partial charge < -0.3 is 14.4 Å². The maximum absolute atomic E-state index is 12.6. The number of hydrogen-bond donors (Lipinski definition) is 1. The van der Waals surface area contributed by atoms with Gasteiger partial charge in [0, 0.05) is 31.6 Å². The van der Waals surface area contributed by atoms with Gasteiger partial charge in [0.25, 0.3) is 0 Å². The van der Waals surface area contributed by atoms with Crippen LogP contribution in [0.3, 0.4) is 0 Å². The zero-order chi connectivity index (χ0) is 18.0. The molecule has 1 aliphatic rings. The summed E-state index contributed by atoms with van der Waals surface area (Å²) in [4.78, 5) is 14.5. The molecule has 0 saturated heterocycles. The van der Waals surface area contributed by atoms with E-state index in [4.69, 9.17) is 9.47 Å². The molecule has 0 fully saturated rings. The van der Waals surface area contributed by atoms with Crippen LogP contribution in [0.5, 0.6) is 11.5 Å². The molecule has 134 valence electrons. The number of carbonyl (C=O) groups is 1. The molecule has 1 amide bonds. The molecule has 2 aromatic rings. The molecule has 1 N–H and O–H groups in total. The number of aromatic nitrogens is 2. The van der Waals surface area contributed by atoms with E-state index in [0.29, 0.717) is 25.1 Å². The molecule has 1 aromatic heterocycles. The zero-order valence-electron chi connectivity index (χ0n) is 15.3. The number of nitrogens with zero attached hydrogens (tertiary/aromatic N) is 2. The number of ether oxygens (including phenoxy) is 2. The second-order valence-corrected chi connectivity index (χ2v) is 6.46. The van der Waals surface area contributed by atoms with Gasteiger partial charge in [0.1, 0.15) is 0 Å². The Morgan fingerprint density at radius 3 is 2.48 bits per heavy atom. The van der Waals surface area contributed by atoms with E-state index in [1.54, 1.807) is 14.2 Å². The van der Waals surface area contributed by atoms with Crippen LogP contribution in [-0.4, -0.2) is 41.8 Å². The molecule has 0 aliphatic carbocycles. The topological polar surface area (TPSA) is 67.5 Å². The first-order valence-electron chi connectivity index (χ1n) is 8.55. The fraction of sp³-hybridized carbons (Fsp3) is 0.474. The smallest absolute Gasteiger partial charge is 0.223 e. The van der Waals surface area contributed by atoms with Crippen molar-refractivity contribution >= 4 is 5.91 Å². The second kappa shape index (κ2) is 7.17. The van der Waals surface area contributed by atoms with Crippen LogP contribution in [0.25, 0.3) is 0 Å². The molecule has 1 aromatic carbocycles. The molecular weight excluding hydrogens is 318 g/mol. The minimum absolute atomic E-state index is 0.167. The van der Waals surface area contributed by atoms with Gasteiger partial charge in [-0.3, -0.25) is 9.89 Å². The van der Waals surface area contributed by atoms with E-state index in [1.165, 1.54) is 5.56 Å². The van der Waals surface area contributed by atoms with Crippen LogP contribution >= 0.6 is 0 Å². The minimum Gasteiger partial charge on any atom is -0.493 e.